The minimum atomic E-state index is 0.687. The van der Waals surface area contributed by atoms with Gasteiger partial charge in [-0.1, -0.05) is 212 Å². The third-order valence-electron chi connectivity index (χ3n) is 11.5. The van der Waals surface area contributed by atoms with Crippen LogP contribution < -0.4 is 0 Å². The first-order valence-corrected chi connectivity index (χ1v) is 20.6. The molecular formula is C57H38N4. The Labute approximate surface area is 354 Å². The normalized spacial score (nSPS) is 11.3. The van der Waals surface area contributed by atoms with Gasteiger partial charge in [-0.15, -0.1) is 0 Å². The molecule has 0 amide bonds. The van der Waals surface area contributed by atoms with Crippen LogP contribution in [0.15, 0.2) is 231 Å². The summed E-state index contributed by atoms with van der Waals surface area (Å²) in [6.45, 7) is 0. The zero-order chi connectivity index (χ0) is 40.5. The Kier molecular flexibility index (Phi) is 9.14. The molecule has 2 heterocycles. The second-order valence-electron chi connectivity index (χ2n) is 15.2. The summed E-state index contributed by atoms with van der Waals surface area (Å²) in [5, 5.41) is 8.86. The summed E-state index contributed by atoms with van der Waals surface area (Å²) in [6, 6.07) is 80.9. The predicted molar refractivity (Wildman–Crippen MR) is 252 cm³/mol. The lowest BCUT2D eigenvalue weighted by molar-refractivity contribution is 0.918. The van der Waals surface area contributed by atoms with Crippen LogP contribution in [-0.2, 0) is 0 Å². The highest BCUT2D eigenvalue weighted by Crippen LogP contribution is 2.48. The molecule has 0 radical (unpaired) electrons. The molecule has 4 nitrogen and oxygen atoms in total. The number of hydrogen-bond donors (Lipinski definition) is 0. The molecule has 0 unspecified atom stereocenters. The Morgan fingerprint density at radius 3 is 1.33 bits per heavy atom. The summed E-state index contributed by atoms with van der Waals surface area (Å²) in [5.74, 6) is 0.687. The third-order valence-corrected chi connectivity index (χ3v) is 11.5. The SMILES string of the molecule is c1ccc(-c2ccc(-c3nc(-c4ccccc4)cc(-c4ccc(-c5c(-c6ccccc6)c6c(-c7ccccc7)nn(-c7ccccc7)c6c6ccccc56)cc4)n3)cc2)cc1. The minimum absolute atomic E-state index is 0.687. The lowest BCUT2D eigenvalue weighted by Crippen LogP contribution is -1.98. The standard InChI is InChI=1S/C57H38N4/c1-6-18-39(19-7-1)40-30-36-46(37-31-40)57-58-50(41-20-8-2-9-21-41)38-51(59-57)42-32-34-44(35-33-42)52-48-28-16-17-29-49(48)56-54(53(52)43-22-10-3-11-23-43)55(45-24-12-4-13-25-45)60-61(56)47-26-14-5-15-27-47/h1-38H. The van der Waals surface area contributed by atoms with E-state index in [9.17, 15) is 0 Å². The molecule has 0 aliphatic rings. The van der Waals surface area contributed by atoms with Gasteiger partial charge < -0.3 is 0 Å². The molecule has 0 atom stereocenters. The highest BCUT2D eigenvalue weighted by Gasteiger charge is 2.25. The summed E-state index contributed by atoms with van der Waals surface area (Å²) < 4.78 is 2.13. The molecule has 11 aromatic rings. The van der Waals surface area contributed by atoms with Gasteiger partial charge in [-0.3, -0.25) is 0 Å². The van der Waals surface area contributed by atoms with E-state index in [1.165, 1.54) is 5.56 Å². The molecule has 9 aromatic carbocycles. The van der Waals surface area contributed by atoms with Crippen LogP contribution in [0.2, 0.25) is 0 Å². The Morgan fingerprint density at radius 1 is 0.311 bits per heavy atom. The molecule has 0 spiro atoms. The predicted octanol–water partition coefficient (Wildman–Crippen LogP) is 14.6. The van der Waals surface area contributed by atoms with Gasteiger partial charge in [0.15, 0.2) is 5.82 Å². The minimum Gasteiger partial charge on any atom is -0.232 e. The van der Waals surface area contributed by atoms with Crippen LogP contribution in [0.4, 0.5) is 0 Å². The number of nitrogens with zero attached hydrogens (tertiary/aromatic N) is 4. The number of rotatable bonds is 8. The van der Waals surface area contributed by atoms with Crippen molar-refractivity contribution in [1.82, 2.24) is 19.7 Å². The van der Waals surface area contributed by atoms with Gasteiger partial charge in [0.05, 0.1) is 22.6 Å². The van der Waals surface area contributed by atoms with Crippen molar-refractivity contribution >= 4 is 21.7 Å². The molecule has 4 heteroatoms. The van der Waals surface area contributed by atoms with Crippen LogP contribution in [0.3, 0.4) is 0 Å². The number of aromatic nitrogens is 4. The maximum absolute atomic E-state index is 5.44. The van der Waals surface area contributed by atoms with Gasteiger partial charge in [-0.05, 0) is 51.4 Å². The molecule has 2 aromatic heterocycles. The maximum Gasteiger partial charge on any atom is 0.160 e. The van der Waals surface area contributed by atoms with Gasteiger partial charge in [-0.2, -0.15) is 5.10 Å². The molecule has 0 saturated heterocycles. The van der Waals surface area contributed by atoms with E-state index in [1.807, 2.05) is 12.1 Å². The fourth-order valence-corrected chi connectivity index (χ4v) is 8.55. The smallest absolute Gasteiger partial charge is 0.160 e. The zero-order valence-corrected chi connectivity index (χ0v) is 33.2. The lowest BCUT2D eigenvalue weighted by Gasteiger charge is -2.18. The molecule has 286 valence electrons. The second kappa shape index (κ2) is 15.5. The van der Waals surface area contributed by atoms with Gasteiger partial charge in [0.2, 0.25) is 0 Å². The molecule has 0 saturated carbocycles. The first-order chi connectivity index (χ1) is 30.3. The van der Waals surface area contributed by atoms with E-state index in [1.54, 1.807) is 0 Å². The van der Waals surface area contributed by atoms with Crippen LogP contribution in [0.1, 0.15) is 0 Å². The van der Waals surface area contributed by atoms with Crippen molar-refractivity contribution in [2.24, 2.45) is 0 Å². The van der Waals surface area contributed by atoms with E-state index < -0.39 is 0 Å². The van der Waals surface area contributed by atoms with E-state index in [0.717, 1.165) is 94.5 Å². The van der Waals surface area contributed by atoms with Gasteiger partial charge in [0, 0.05) is 38.6 Å². The summed E-state index contributed by atoms with van der Waals surface area (Å²) in [7, 11) is 0. The van der Waals surface area contributed by atoms with Gasteiger partial charge >= 0.3 is 0 Å². The quantitative estimate of drug-likeness (QED) is 0.154. The summed E-state index contributed by atoms with van der Waals surface area (Å²) >= 11 is 0. The second-order valence-corrected chi connectivity index (χ2v) is 15.2. The van der Waals surface area contributed by atoms with Crippen molar-refractivity contribution in [3.05, 3.63) is 231 Å². The van der Waals surface area contributed by atoms with E-state index in [-0.39, 0.29) is 0 Å². The van der Waals surface area contributed by atoms with Crippen molar-refractivity contribution in [2.75, 3.05) is 0 Å². The van der Waals surface area contributed by atoms with Crippen molar-refractivity contribution in [3.8, 4) is 84.2 Å². The fourth-order valence-electron chi connectivity index (χ4n) is 8.55. The molecule has 0 fully saturated rings. The Hall–Kier alpha value is -8.21. The topological polar surface area (TPSA) is 43.6 Å². The number of fused-ring (bicyclic) bond motifs is 3. The van der Waals surface area contributed by atoms with Gasteiger partial charge in [0.1, 0.15) is 5.69 Å². The zero-order valence-electron chi connectivity index (χ0n) is 33.2. The molecule has 0 bridgehead atoms. The highest BCUT2D eigenvalue weighted by molar-refractivity contribution is 6.24. The van der Waals surface area contributed by atoms with E-state index in [0.29, 0.717) is 5.82 Å². The molecule has 0 aliphatic carbocycles. The van der Waals surface area contributed by atoms with Crippen LogP contribution in [0.5, 0.6) is 0 Å². The lowest BCUT2D eigenvalue weighted by atomic mass is 9.85. The molecular weight excluding hydrogens is 741 g/mol. The van der Waals surface area contributed by atoms with Crippen molar-refractivity contribution in [3.63, 3.8) is 0 Å². The number of benzene rings is 9. The van der Waals surface area contributed by atoms with Crippen LogP contribution in [0.25, 0.3) is 106 Å². The van der Waals surface area contributed by atoms with E-state index >= 15 is 0 Å². The van der Waals surface area contributed by atoms with Crippen molar-refractivity contribution in [2.45, 2.75) is 0 Å². The Bertz CT molecular complexity index is 3290. The number of para-hydroxylation sites is 1. The Balaban J connectivity index is 1.11. The maximum atomic E-state index is 5.44. The Morgan fingerprint density at radius 2 is 0.721 bits per heavy atom. The van der Waals surface area contributed by atoms with Crippen molar-refractivity contribution in [1.29, 1.82) is 0 Å². The first-order valence-electron chi connectivity index (χ1n) is 20.6. The van der Waals surface area contributed by atoms with Crippen LogP contribution >= 0.6 is 0 Å². The van der Waals surface area contributed by atoms with E-state index in [2.05, 4.69) is 223 Å². The largest absolute Gasteiger partial charge is 0.232 e. The highest BCUT2D eigenvalue weighted by atomic mass is 15.3. The summed E-state index contributed by atoms with van der Waals surface area (Å²) in [5.41, 5.74) is 15.8. The fraction of sp³-hybridized carbons (Fsp3) is 0. The molecule has 0 aliphatic heterocycles. The van der Waals surface area contributed by atoms with E-state index in [4.69, 9.17) is 15.1 Å². The number of hydrogen-bond acceptors (Lipinski definition) is 3. The van der Waals surface area contributed by atoms with Gasteiger partial charge in [-0.25, -0.2) is 14.6 Å². The third kappa shape index (κ3) is 6.67. The monoisotopic (exact) mass is 778 g/mol. The van der Waals surface area contributed by atoms with Crippen LogP contribution in [-0.4, -0.2) is 19.7 Å². The average molecular weight is 779 g/mol. The van der Waals surface area contributed by atoms with Crippen LogP contribution in [0, 0.1) is 0 Å². The first kappa shape index (κ1) is 35.9. The molecule has 0 N–H and O–H groups in total. The van der Waals surface area contributed by atoms with Crippen molar-refractivity contribution < 1.29 is 0 Å². The van der Waals surface area contributed by atoms with Gasteiger partial charge in [0.25, 0.3) is 0 Å². The summed E-state index contributed by atoms with van der Waals surface area (Å²) in [4.78, 5) is 10.3. The summed E-state index contributed by atoms with van der Waals surface area (Å²) in [6.07, 6.45) is 0. The average Bonchev–Trinajstić information content (AvgIpc) is 3.76. The molecule has 61 heavy (non-hydrogen) atoms. The molecule has 11 rings (SSSR count).